The van der Waals surface area contributed by atoms with Gasteiger partial charge in [-0.15, -0.1) is 11.3 Å². The van der Waals surface area contributed by atoms with Crippen LogP contribution in [0, 0.1) is 0 Å². The summed E-state index contributed by atoms with van der Waals surface area (Å²) >= 11 is 7.40. The number of nitrogens with one attached hydrogen (secondary N) is 1. The van der Waals surface area contributed by atoms with Crippen molar-refractivity contribution in [2.24, 2.45) is 5.73 Å². The van der Waals surface area contributed by atoms with Crippen molar-refractivity contribution >= 4 is 22.9 Å². The zero-order chi connectivity index (χ0) is 12.3. The van der Waals surface area contributed by atoms with Gasteiger partial charge in [0.25, 0.3) is 0 Å². The molecule has 2 aromatic rings. The Morgan fingerprint density at radius 2 is 2.41 bits per heavy atom. The summed E-state index contributed by atoms with van der Waals surface area (Å²) in [7, 11) is 1.66. The number of hydrogen-bond donors (Lipinski definition) is 2. The lowest BCUT2D eigenvalue weighted by Gasteiger charge is -2.06. The molecule has 0 fully saturated rings. The van der Waals surface area contributed by atoms with Crippen molar-refractivity contribution in [3.05, 3.63) is 28.5 Å². The largest absolute Gasteiger partial charge is 0.385 e. The Balaban J connectivity index is 2.10. The Labute approximate surface area is 109 Å². The number of nitrogens with zero attached hydrogens (tertiary/aromatic N) is 1. The number of methoxy groups -OCH3 is 1. The summed E-state index contributed by atoms with van der Waals surface area (Å²) < 4.78 is 5.76. The summed E-state index contributed by atoms with van der Waals surface area (Å²) in [5.41, 5.74) is 6.93. The molecule has 17 heavy (non-hydrogen) atoms. The van der Waals surface area contributed by atoms with E-state index in [0.29, 0.717) is 6.61 Å². The molecule has 0 radical (unpaired) electrons. The van der Waals surface area contributed by atoms with E-state index in [-0.39, 0.29) is 6.04 Å². The minimum atomic E-state index is -0.126. The van der Waals surface area contributed by atoms with E-state index in [1.807, 2.05) is 12.1 Å². The van der Waals surface area contributed by atoms with Crippen molar-refractivity contribution in [3.63, 3.8) is 0 Å². The molecule has 0 spiro atoms. The van der Waals surface area contributed by atoms with Gasteiger partial charge >= 0.3 is 0 Å². The Morgan fingerprint density at radius 1 is 1.59 bits per heavy atom. The number of aromatic nitrogens is 2. The highest BCUT2D eigenvalue weighted by atomic mass is 35.5. The molecule has 2 aromatic heterocycles. The molecule has 0 saturated carbocycles. The highest BCUT2D eigenvalue weighted by molar-refractivity contribution is 7.19. The van der Waals surface area contributed by atoms with Gasteiger partial charge < -0.3 is 15.5 Å². The van der Waals surface area contributed by atoms with Crippen LogP contribution in [0.4, 0.5) is 0 Å². The van der Waals surface area contributed by atoms with E-state index in [9.17, 15) is 0 Å². The second kappa shape index (κ2) is 5.64. The van der Waals surface area contributed by atoms with Crippen molar-refractivity contribution in [1.82, 2.24) is 9.97 Å². The topological polar surface area (TPSA) is 63.9 Å². The lowest BCUT2D eigenvalue weighted by molar-refractivity contribution is 0.187. The Bertz CT molecular complexity index is 483. The normalized spacial score (nSPS) is 12.9. The number of H-pyrrole nitrogens is 1. The van der Waals surface area contributed by atoms with E-state index >= 15 is 0 Å². The maximum Gasteiger partial charge on any atom is 0.123 e. The Morgan fingerprint density at radius 3 is 3.06 bits per heavy atom. The quantitative estimate of drug-likeness (QED) is 0.879. The number of rotatable bonds is 5. The summed E-state index contributed by atoms with van der Waals surface area (Å²) in [6, 6.07) is 3.71. The molecule has 4 nitrogen and oxygen atoms in total. The zero-order valence-corrected chi connectivity index (χ0v) is 11.0. The van der Waals surface area contributed by atoms with Gasteiger partial charge in [0, 0.05) is 13.7 Å². The summed E-state index contributed by atoms with van der Waals surface area (Å²) in [6.07, 6.45) is 2.53. The van der Waals surface area contributed by atoms with E-state index in [1.165, 1.54) is 11.3 Å². The van der Waals surface area contributed by atoms with Crippen molar-refractivity contribution in [3.8, 4) is 10.6 Å². The maximum atomic E-state index is 5.98. The monoisotopic (exact) mass is 271 g/mol. The van der Waals surface area contributed by atoms with E-state index < -0.39 is 0 Å². The molecule has 92 valence electrons. The molecule has 0 aromatic carbocycles. The third-order valence-electron chi connectivity index (χ3n) is 2.42. The summed E-state index contributed by atoms with van der Waals surface area (Å²) in [5, 5.41) is 0. The van der Waals surface area contributed by atoms with E-state index in [2.05, 4.69) is 9.97 Å². The molecule has 1 atom stereocenters. The minimum Gasteiger partial charge on any atom is -0.385 e. The van der Waals surface area contributed by atoms with E-state index in [1.54, 1.807) is 13.3 Å². The number of imidazole rings is 1. The number of halogens is 1. The van der Waals surface area contributed by atoms with Crippen LogP contribution in [0.1, 0.15) is 18.3 Å². The molecule has 3 N–H and O–H groups in total. The second-order valence-electron chi connectivity index (χ2n) is 3.67. The van der Waals surface area contributed by atoms with Crippen LogP contribution in [-0.4, -0.2) is 23.7 Å². The van der Waals surface area contributed by atoms with Crippen LogP contribution in [0.5, 0.6) is 0 Å². The smallest absolute Gasteiger partial charge is 0.123 e. The zero-order valence-electron chi connectivity index (χ0n) is 9.44. The van der Waals surface area contributed by atoms with Gasteiger partial charge in [-0.3, -0.25) is 0 Å². The molecule has 6 heteroatoms. The van der Waals surface area contributed by atoms with Gasteiger partial charge in [-0.25, -0.2) is 4.98 Å². The fourth-order valence-electron chi connectivity index (χ4n) is 1.49. The molecule has 1 unspecified atom stereocenters. The Hall–Kier alpha value is -0.880. The van der Waals surface area contributed by atoms with Gasteiger partial charge in [-0.2, -0.15) is 0 Å². The molecule has 0 aliphatic rings. The molecule has 0 aliphatic heterocycles. The van der Waals surface area contributed by atoms with Crippen molar-refractivity contribution < 1.29 is 4.74 Å². The minimum absolute atomic E-state index is 0.126. The summed E-state index contributed by atoms with van der Waals surface area (Å²) in [6.45, 7) is 0.627. The molecule has 2 rings (SSSR count). The predicted molar refractivity (Wildman–Crippen MR) is 70.3 cm³/mol. The molecule has 0 saturated heterocycles. The number of nitrogens with two attached hydrogens (primary N) is 1. The fraction of sp³-hybridized carbons (Fsp3) is 0.364. The first-order chi connectivity index (χ1) is 8.20. The summed E-state index contributed by atoms with van der Waals surface area (Å²) in [4.78, 5) is 8.56. The molecule has 0 bridgehead atoms. The van der Waals surface area contributed by atoms with Crippen LogP contribution in [0.15, 0.2) is 18.3 Å². The third kappa shape index (κ3) is 3.07. The standard InChI is InChI=1S/C11H14ClN3OS/c1-16-5-4-7(13)11-14-6-8(15-11)9-2-3-10(12)17-9/h2-3,6-7H,4-5,13H2,1H3,(H,14,15). The van der Waals surface area contributed by atoms with Crippen LogP contribution in [0.2, 0.25) is 4.34 Å². The molecule has 0 aliphatic carbocycles. The van der Waals surface area contributed by atoms with Crippen LogP contribution in [0.25, 0.3) is 10.6 Å². The highest BCUT2D eigenvalue weighted by Gasteiger charge is 2.11. The van der Waals surface area contributed by atoms with E-state index in [0.717, 1.165) is 27.2 Å². The number of ether oxygens (including phenoxy) is 1. The van der Waals surface area contributed by atoms with Crippen molar-refractivity contribution in [2.45, 2.75) is 12.5 Å². The fourth-order valence-corrected chi connectivity index (χ4v) is 2.50. The SMILES string of the molecule is COCCC(N)c1ncc(-c2ccc(Cl)s2)[nH]1. The second-order valence-corrected chi connectivity index (χ2v) is 5.39. The molecule has 0 amide bonds. The number of thiophene rings is 1. The lowest BCUT2D eigenvalue weighted by Crippen LogP contribution is -2.14. The third-order valence-corrected chi connectivity index (χ3v) is 3.68. The van der Waals surface area contributed by atoms with Crippen LogP contribution in [-0.2, 0) is 4.74 Å². The first kappa shape index (κ1) is 12.6. The van der Waals surface area contributed by atoms with Gasteiger partial charge in [0.1, 0.15) is 5.82 Å². The number of hydrogen-bond acceptors (Lipinski definition) is 4. The summed E-state index contributed by atoms with van der Waals surface area (Å²) in [5.74, 6) is 0.779. The van der Waals surface area contributed by atoms with Crippen molar-refractivity contribution in [1.29, 1.82) is 0 Å². The van der Waals surface area contributed by atoms with Gasteiger partial charge in [0.05, 0.1) is 27.1 Å². The van der Waals surface area contributed by atoms with Gasteiger partial charge in [-0.05, 0) is 18.6 Å². The average molecular weight is 272 g/mol. The van der Waals surface area contributed by atoms with Crippen LogP contribution < -0.4 is 5.73 Å². The number of aromatic amines is 1. The van der Waals surface area contributed by atoms with Crippen LogP contribution >= 0.6 is 22.9 Å². The Kier molecular flexibility index (Phi) is 4.17. The van der Waals surface area contributed by atoms with Gasteiger partial charge in [-0.1, -0.05) is 11.6 Å². The maximum absolute atomic E-state index is 5.98. The average Bonchev–Trinajstić information content (AvgIpc) is 2.93. The first-order valence-corrected chi connectivity index (χ1v) is 6.45. The molecule has 2 heterocycles. The van der Waals surface area contributed by atoms with E-state index in [4.69, 9.17) is 22.1 Å². The molecular formula is C11H14ClN3OS. The first-order valence-electron chi connectivity index (χ1n) is 5.26. The van der Waals surface area contributed by atoms with Gasteiger partial charge in [0.15, 0.2) is 0 Å². The van der Waals surface area contributed by atoms with Crippen molar-refractivity contribution in [2.75, 3.05) is 13.7 Å². The molecular weight excluding hydrogens is 258 g/mol. The predicted octanol–water partition coefficient (Wildman–Crippen LogP) is 2.83. The van der Waals surface area contributed by atoms with Gasteiger partial charge in [0.2, 0.25) is 0 Å². The lowest BCUT2D eigenvalue weighted by atomic mass is 10.2. The highest BCUT2D eigenvalue weighted by Crippen LogP contribution is 2.30. The van der Waals surface area contributed by atoms with Crippen LogP contribution in [0.3, 0.4) is 0 Å².